The van der Waals surface area contributed by atoms with Gasteiger partial charge in [-0.2, -0.15) is 0 Å². The molecule has 3 nitrogen and oxygen atoms in total. The van der Waals surface area contributed by atoms with E-state index in [4.69, 9.17) is 0 Å². The van der Waals surface area contributed by atoms with Crippen molar-refractivity contribution in [1.29, 1.82) is 0 Å². The molecule has 1 fully saturated rings. The second kappa shape index (κ2) is 5.74. The molecule has 1 N–H and O–H groups in total. The lowest BCUT2D eigenvalue weighted by atomic mass is 9.96. The molecule has 1 atom stereocenters. The van der Waals surface area contributed by atoms with E-state index >= 15 is 0 Å². The van der Waals surface area contributed by atoms with Crippen molar-refractivity contribution in [3.63, 3.8) is 0 Å². The molecule has 3 heteroatoms. The molecule has 1 aliphatic rings. The number of rotatable bonds is 4. The Morgan fingerprint density at radius 1 is 1.26 bits per heavy atom. The van der Waals surface area contributed by atoms with Gasteiger partial charge in [-0.25, -0.2) is 0 Å². The Labute approximate surface area is 116 Å². The quantitative estimate of drug-likeness (QED) is 0.901. The maximum absolute atomic E-state index is 12.3. The van der Waals surface area contributed by atoms with Gasteiger partial charge in [0.2, 0.25) is 5.91 Å². The van der Waals surface area contributed by atoms with E-state index in [1.807, 2.05) is 23.1 Å². The summed E-state index contributed by atoms with van der Waals surface area (Å²) in [5.74, 6) is 0.255. The number of aryl methyl sites for hydroxylation is 1. The van der Waals surface area contributed by atoms with Gasteiger partial charge in [0, 0.05) is 6.54 Å². The van der Waals surface area contributed by atoms with E-state index < -0.39 is 0 Å². The number of carbonyl (C=O) groups excluding carboxylic acids is 1. The van der Waals surface area contributed by atoms with E-state index in [1.54, 1.807) is 0 Å². The topological polar surface area (TPSA) is 32.3 Å². The predicted molar refractivity (Wildman–Crippen MR) is 77.7 cm³/mol. The maximum atomic E-state index is 12.3. The summed E-state index contributed by atoms with van der Waals surface area (Å²) in [6.45, 7) is 8.00. The first-order valence-corrected chi connectivity index (χ1v) is 7.02. The molecule has 1 aromatic carbocycles. The van der Waals surface area contributed by atoms with Crippen LogP contribution in [0.3, 0.4) is 0 Å². The molecule has 1 heterocycles. The fourth-order valence-corrected chi connectivity index (χ4v) is 2.49. The third-order valence-corrected chi connectivity index (χ3v) is 3.37. The number of hydrogen-bond acceptors (Lipinski definition) is 2. The Hall–Kier alpha value is -1.35. The first-order valence-electron chi connectivity index (χ1n) is 7.02. The lowest BCUT2D eigenvalue weighted by Crippen LogP contribution is -2.36. The summed E-state index contributed by atoms with van der Waals surface area (Å²) < 4.78 is 0. The molecular formula is C16H24N2O. The number of benzene rings is 1. The molecule has 1 aliphatic heterocycles. The monoisotopic (exact) mass is 260 g/mol. The summed E-state index contributed by atoms with van der Waals surface area (Å²) in [6.07, 6.45) is 1.83. The summed E-state index contributed by atoms with van der Waals surface area (Å²) in [7, 11) is 0. The molecule has 1 aromatic rings. The number of nitrogens with zero attached hydrogens (tertiary/aromatic N) is 1. The summed E-state index contributed by atoms with van der Waals surface area (Å²) in [5.41, 5.74) is 1.46. The smallest absolute Gasteiger partial charge is 0.240 e. The zero-order chi connectivity index (χ0) is 13.9. The highest BCUT2D eigenvalue weighted by Gasteiger charge is 2.32. The molecular weight excluding hydrogens is 236 g/mol. The van der Waals surface area contributed by atoms with Crippen molar-refractivity contribution in [3.8, 4) is 0 Å². The summed E-state index contributed by atoms with van der Waals surface area (Å²) in [4.78, 5) is 14.2. The molecule has 19 heavy (non-hydrogen) atoms. The summed E-state index contributed by atoms with van der Waals surface area (Å²) in [5, 5.41) is 3.33. The van der Waals surface area contributed by atoms with Crippen LogP contribution in [0.1, 0.15) is 32.8 Å². The second-order valence-electron chi connectivity index (χ2n) is 6.54. The minimum Gasteiger partial charge on any atom is -0.328 e. The van der Waals surface area contributed by atoms with Crippen LogP contribution in [0.15, 0.2) is 30.3 Å². The lowest BCUT2D eigenvalue weighted by molar-refractivity contribution is -0.130. The Kier molecular flexibility index (Phi) is 4.25. The molecule has 0 bridgehead atoms. The van der Waals surface area contributed by atoms with Crippen molar-refractivity contribution in [2.24, 2.45) is 5.41 Å². The van der Waals surface area contributed by atoms with E-state index in [1.165, 1.54) is 5.56 Å². The first-order chi connectivity index (χ1) is 8.96. The van der Waals surface area contributed by atoms with Gasteiger partial charge in [-0.05, 0) is 23.8 Å². The number of nitrogens with one attached hydrogen (secondary N) is 1. The minimum atomic E-state index is -0.0115. The maximum Gasteiger partial charge on any atom is 0.240 e. The van der Waals surface area contributed by atoms with Crippen LogP contribution in [-0.4, -0.2) is 30.1 Å². The van der Waals surface area contributed by atoms with E-state index in [-0.39, 0.29) is 17.4 Å². The van der Waals surface area contributed by atoms with Gasteiger partial charge in [-0.15, -0.1) is 0 Å². The lowest BCUT2D eigenvalue weighted by Gasteiger charge is -2.25. The van der Waals surface area contributed by atoms with E-state index in [9.17, 15) is 4.79 Å². The van der Waals surface area contributed by atoms with Crippen LogP contribution in [0.5, 0.6) is 0 Å². The Balaban J connectivity index is 1.85. The summed E-state index contributed by atoms with van der Waals surface area (Å²) in [6, 6.07) is 10.3. The van der Waals surface area contributed by atoms with Gasteiger partial charge < -0.3 is 4.90 Å². The highest BCUT2D eigenvalue weighted by atomic mass is 16.2. The van der Waals surface area contributed by atoms with Crippen molar-refractivity contribution in [3.05, 3.63) is 35.9 Å². The van der Waals surface area contributed by atoms with Crippen molar-refractivity contribution < 1.29 is 4.79 Å². The van der Waals surface area contributed by atoms with Gasteiger partial charge in [0.05, 0.1) is 12.7 Å². The third-order valence-electron chi connectivity index (χ3n) is 3.37. The Morgan fingerprint density at radius 3 is 2.58 bits per heavy atom. The van der Waals surface area contributed by atoms with Crippen LogP contribution in [0, 0.1) is 5.41 Å². The van der Waals surface area contributed by atoms with Crippen molar-refractivity contribution in [2.75, 3.05) is 13.2 Å². The fraction of sp³-hybridized carbons (Fsp3) is 0.562. The normalized spacial score (nSPS) is 20.1. The van der Waals surface area contributed by atoms with Gasteiger partial charge in [0.1, 0.15) is 0 Å². The Morgan fingerprint density at radius 2 is 1.95 bits per heavy atom. The number of carbonyl (C=O) groups is 1. The fourth-order valence-electron chi connectivity index (χ4n) is 2.49. The van der Waals surface area contributed by atoms with Crippen LogP contribution >= 0.6 is 0 Å². The van der Waals surface area contributed by atoms with Crippen molar-refractivity contribution in [2.45, 2.75) is 39.7 Å². The van der Waals surface area contributed by atoms with Crippen molar-refractivity contribution in [1.82, 2.24) is 10.2 Å². The highest BCUT2D eigenvalue weighted by molar-refractivity contribution is 5.83. The van der Waals surface area contributed by atoms with Gasteiger partial charge in [0.15, 0.2) is 0 Å². The number of hydrogen-bond donors (Lipinski definition) is 1. The van der Waals surface area contributed by atoms with E-state index in [0.717, 1.165) is 19.4 Å². The van der Waals surface area contributed by atoms with Crippen LogP contribution in [0.25, 0.3) is 0 Å². The molecule has 0 radical (unpaired) electrons. The zero-order valence-electron chi connectivity index (χ0n) is 12.1. The molecule has 0 aromatic heterocycles. The largest absolute Gasteiger partial charge is 0.328 e. The molecule has 104 valence electrons. The zero-order valence-corrected chi connectivity index (χ0v) is 12.1. The minimum absolute atomic E-state index is 0.0115. The number of amides is 1. The average molecular weight is 260 g/mol. The first kappa shape index (κ1) is 14.1. The predicted octanol–water partition coefficient (Wildman–Crippen LogP) is 2.42. The standard InChI is InChI=1S/C16H24N2O/c1-16(2,3)11-18-12-17-14(15(18)19)10-9-13-7-5-4-6-8-13/h4-8,14,17H,9-12H2,1-3H3. The van der Waals surface area contributed by atoms with E-state index in [2.05, 4.69) is 38.2 Å². The van der Waals surface area contributed by atoms with Crippen LogP contribution in [-0.2, 0) is 11.2 Å². The van der Waals surface area contributed by atoms with Crippen LogP contribution in [0.2, 0.25) is 0 Å². The molecule has 1 saturated heterocycles. The molecule has 2 rings (SSSR count). The SMILES string of the molecule is CC(C)(C)CN1CNC(CCc2ccccc2)C1=O. The second-order valence-corrected chi connectivity index (χ2v) is 6.54. The molecule has 1 amide bonds. The highest BCUT2D eigenvalue weighted by Crippen LogP contribution is 2.19. The molecule has 0 saturated carbocycles. The van der Waals surface area contributed by atoms with Gasteiger partial charge >= 0.3 is 0 Å². The third kappa shape index (κ3) is 4.06. The molecule has 0 spiro atoms. The van der Waals surface area contributed by atoms with Gasteiger partial charge in [0.25, 0.3) is 0 Å². The van der Waals surface area contributed by atoms with Gasteiger partial charge in [-0.1, -0.05) is 51.1 Å². The molecule has 1 unspecified atom stereocenters. The van der Waals surface area contributed by atoms with Crippen molar-refractivity contribution >= 4 is 5.91 Å². The summed E-state index contributed by atoms with van der Waals surface area (Å²) >= 11 is 0. The Bertz CT molecular complexity index is 422. The van der Waals surface area contributed by atoms with Crippen LogP contribution in [0.4, 0.5) is 0 Å². The van der Waals surface area contributed by atoms with Gasteiger partial charge in [-0.3, -0.25) is 10.1 Å². The molecule has 0 aliphatic carbocycles. The van der Waals surface area contributed by atoms with Crippen LogP contribution < -0.4 is 5.32 Å². The average Bonchev–Trinajstić information content (AvgIpc) is 2.68. The van der Waals surface area contributed by atoms with E-state index in [0.29, 0.717) is 6.67 Å².